The highest BCUT2D eigenvalue weighted by Gasteiger charge is 2.26. The number of fused-ring (bicyclic) bond motifs is 1. The Morgan fingerprint density at radius 3 is 2.81 bits per heavy atom. The Bertz CT molecular complexity index is 1040. The van der Waals surface area contributed by atoms with Crippen molar-refractivity contribution in [3.63, 3.8) is 0 Å². The van der Waals surface area contributed by atoms with Gasteiger partial charge in [-0.05, 0) is 48.1 Å². The number of nitrogens with one attached hydrogen (secondary N) is 1. The van der Waals surface area contributed by atoms with Gasteiger partial charge in [0.25, 0.3) is 5.91 Å². The number of amides is 1. The summed E-state index contributed by atoms with van der Waals surface area (Å²) in [5.74, 6) is 0.356. The summed E-state index contributed by atoms with van der Waals surface area (Å²) >= 11 is 7.64. The Morgan fingerprint density at radius 2 is 2.00 bits per heavy atom. The van der Waals surface area contributed by atoms with Crippen molar-refractivity contribution in [2.24, 2.45) is 4.99 Å². The number of halogens is 1. The summed E-state index contributed by atoms with van der Waals surface area (Å²) in [6, 6.07) is 12.1. The van der Waals surface area contributed by atoms with E-state index >= 15 is 0 Å². The van der Waals surface area contributed by atoms with Crippen LogP contribution in [0.3, 0.4) is 0 Å². The minimum Gasteiger partial charge on any atom is -0.306 e. The maximum absolute atomic E-state index is 12.1. The first-order valence-corrected chi connectivity index (χ1v) is 9.48. The van der Waals surface area contributed by atoms with Crippen LogP contribution in [-0.2, 0) is 0 Å². The van der Waals surface area contributed by atoms with Crippen LogP contribution in [0.1, 0.15) is 39.3 Å². The SMILES string of the molecule is Cc1ccccc1-c1csc([C@@H](C)N=C2NC(=O)c3cnc(Cl)cc32)c1. The maximum Gasteiger partial charge on any atom is 0.259 e. The van der Waals surface area contributed by atoms with Crippen molar-refractivity contribution < 1.29 is 4.79 Å². The number of aliphatic imine (C=N–C) groups is 1. The number of benzene rings is 1. The minimum absolute atomic E-state index is 0.0778. The second-order valence-corrected chi connectivity index (χ2v) is 7.54. The molecular formula is C20H16ClN3OS. The number of pyridine rings is 1. The van der Waals surface area contributed by atoms with Gasteiger partial charge < -0.3 is 5.32 Å². The van der Waals surface area contributed by atoms with Crippen LogP contribution < -0.4 is 5.32 Å². The number of thiophene rings is 1. The number of nitrogens with zero attached hydrogens (tertiary/aromatic N) is 2. The maximum atomic E-state index is 12.1. The molecule has 0 radical (unpaired) electrons. The lowest BCUT2D eigenvalue weighted by Crippen LogP contribution is -2.22. The molecule has 6 heteroatoms. The fourth-order valence-electron chi connectivity index (χ4n) is 3.02. The van der Waals surface area contributed by atoms with Gasteiger partial charge in [-0.3, -0.25) is 9.79 Å². The van der Waals surface area contributed by atoms with Crippen molar-refractivity contribution >= 4 is 34.7 Å². The van der Waals surface area contributed by atoms with Crippen LogP contribution in [0.25, 0.3) is 11.1 Å². The first kappa shape index (κ1) is 16.9. The van der Waals surface area contributed by atoms with Crippen molar-refractivity contribution in [3.05, 3.63) is 74.7 Å². The molecule has 1 atom stereocenters. The van der Waals surface area contributed by atoms with E-state index in [1.807, 2.05) is 19.1 Å². The van der Waals surface area contributed by atoms with Gasteiger partial charge in [0.1, 0.15) is 11.0 Å². The van der Waals surface area contributed by atoms with Gasteiger partial charge in [0, 0.05) is 16.6 Å². The lowest BCUT2D eigenvalue weighted by Gasteiger charge is -2.06. The number of aromatic nitrogens is 1. The molecule has 0 saturated heterocycles. The van der Waals surface area contributed by atoms with E-state index in [9.17, 15) is 4.79 Å². The van der Waals surface area contributed by atoms with Gasteiger partial charge in [0.15, 0.2) is 0 Å². The van der Waals surface area contributed by atoms with Gasteiger partial charge in [-0.1, -0.05) is 35.9 Å². The van der Waals surface area contributed by atoms with E-state index in [0.717, 1.165) is 4.88 Å². The van der Waals surface area contributed by atoms with Gasteiger partial charge in [-0.15, -0.1) is 11.3 Å². The monoisotopic (exact) mass is 381 g/mol. The average molecular weight is 382 g/mol. The minimum atomic E-state index is -0.193. The molecule has 3 heterocycles. The van der Waals surface area contributed by atoms with E-state index < -0.39 is 0 Å². The largest absolute Gasteiger partial charge is 0.306 e. The highest BCUT2D eigenvalue weighted by atomic mass is 35.5. The molecule has 1 aliphatic rings. The van der Waals surface area contributed by atoms with E-state index in [2.05, 4.69) is 40.8 Å². The van der Waals surface area contributed by atoms with Crippen LogP contribution in [0.2, 0.25) is 5.15 Å². The molecular weight excluding hydrogens is 366 g/mol. The van der Waals surface area contributed by atoms with Crippen LogP contribution in [0.5, 0.6) is 0 Å². The number of hydrogen-bond acceptors (Lipinski definition) is 4. The Balaban J connectivity index is 1.65. The number of aryl methyl sites for hydroxylation is 1. The number of rotatable bonds is 3. The molecule has 4 nitrogen and oxygen atoms in total. The predicted octanol–water partition coefficient (Wildman–Crippen LogP) is 5.02. The van der Waals surface area contributed by atoms with Gasteiger partial charge in [0.2, 0.25) is 0 Å². The van der Waals surface area contributed by atoms with Gasteiger partial charge >= 0.3 is 0 Å². The lowest BCUT2D eigenvalue weighted by molar-refractivity contribution is 0.0983. The predicted molar refractivity (Wildman–Crippen MR) is 106 cm³/mol. The normalized spacial score (nSPS) is 15.8. The third-order valence-corrected chi connectivity index (χ3v) is 5.72. The Morgan fingerprint density at radius 1 is 1.19 bits per heavy atom. The van der Waals surface area contributed by atoms with Gasteiger partial charge in [-0.2, -0.15) is 0 Å². The van der Waals surface area contributed by atoms with Crippen molar-refractivity contribution in [3.8, 4) is 11.1 Å². The molecule has 2 aromatic heterocycles. The van der Waals surface area contributed by atoms with Crippen LogP contribution >= 0.6 is 22.9 Å². The zero-order valence-electron chi connectivity index (χ0n) is 14.3. The summed E-state index contributed by atoms with van der Waals surface area (Å²) in [5.41, 5.74) is 4.88. The van der Waals surface area contributed by atoms with Crippen molar-refractivity contribution in [2.75, 3.05) is 0 Å². The summed E-state index contributed by atoms with van der Waals surface area (Å²) in [6.45, 7) is 4.13. The smallest absolute Gasteiger partial charge is 0.259 e. The number of hydrogen-bond donors (Lipinski definition) is 1. The van der Waals surface area contributed by atoms with E-state index in [4.69, 9.17) is 16.6 Å². The molecule has 0 aliphatic carbocycles. The van der Waals surface area contributed by atoms with Gasteiger partial charge in [-0.25, -0.2) is 4.98 Å². The summed E-state index contributed by atoms with van der Waals surface area (Å²) in [6.07, 6.45) is 1.49. The molecule has 3 aromatic rings. The Kier molecular flexibility index (Phi) is 4.34. The van der Waals surface area contributed by atoms with Crippen molar-refractivity contribution in [2.45, 2.75) is 19.9 Å². The third-order valence-electron chi connectivity index (χ3n) is 4.41. The quantitative estimate of drug-likeness (QED) is 0.647. The molecule has 130 valence electrons. The first-order chi connectivity index (χ1) is 12.5. The second kappa shape index (κ2) is 6.67. The highest BCUT2D eigenvalue weighted by molar-refractivity contribution is 7.10. The standard InChI is InChI=1S/C20H16ClN3OS/c1-11-5-3-4-6-14(11)13-7-17(26-10-13)12(2)23-19-15-8-18(21)22-9-16(15)20(25)24-19/h3-10,12H,1-2H3,(H,23,24,25)/t12-/m1/s1. The van der Waals surface area contributed by atoms with E-state index in [1.165, 1.54) is 22.9 Å². The van der Waals surface area contributed by atoms with E-state index in [1.54, 1.807) is 17.4 Å². The summed E-state index contributed by atoms with van der Waals surface area (Å²) in [5, 5.41) is 5.31. The topological polar surface area (TPSA) is 54.4 Å². The summed E-state index contributed by atoms with van der Waals surface area (Å²) < 4.78 is 0. The average Bonchev–Trinajstić information content (AvgIpc) is 3.21. The highest BCUT2D eigenvalue weighted by Crippen LogP contribution is 2.33. The number of amidine groups is 1. The molecule has 26 heavy (non-hydrogen) atoms. The fraction of sp³-hybridized carbons (Fsp3) is 0.150. The molecule has 0 bridgehead atoms. The molecule has 0 fully saturated rings. The van der Waals surface area contributed by atoms with Crippen molar-refractivity contribution in [1.82, 2.24) is 10.3 Å². The number of carbonyl (C=O) groups excluding carboxylic acids is 1. The Hall–Kier alpha value is -2.50. The van der Waals surface area contributed by atoms with Gasteiger partial charge in [0.05, 0.1) is 11.6 Å². The second-order valence-electron chi connectivity index (χ2n) is 6.21. The molecule has 1 N–H and O–H groups in total. The first-order valence-electron chi connectivity index (χ1n) is 8.22. The number of carbonyl (C=O) groups is 1. The third kappa shape index (κ3) is 3.04. The van der Waals surface area contributed by atoms with Crippen LogP contribution in [-0.4, -0.2) is 16.7 Å². The molecule has 1 aliphatic heterocycles. The molecule has 4 rings (SSSR count). The fourth-order valence-corrected chi connectivity index (χ4v) is 4.08. The molecule has 1 amide bonds. The summed E-state index contributed by atoms with van der Waals surface area (Å²) in [4.78, 5) is 21.9. The van der Waals surface area contributed by atoms with Crippen LogP contribution in [0.4, 0.5) is 0 Å². The molecule has 0 unspecified atom stereocenters. The van der Waals surface area contributed by atoms with E-state index in [0.29, 0.717) is 22.1 Å². The zero-order valence-corrected chi connectivity index (χ0v) is 15.9. The van der Waals surface area contributed by atoms with E-state index in [-0.39, 0.29) is 11.9 Å². The molecule has 0 spiro atoms. The Labute approximate surface area is 160 Å². The molecule has 0 saturated carbocycles. The van der Waals surface area contributed by atoms with Crippen molar-refractivity contribution in [1.29, 1.82) is 0 Å². The zero-order chi connectivity index (χ0) is 18.3. The summed E-state index contributed by atoms with van der Waals surface area (Å²) in [7, 11) is 0. The molecule has 1 aromatic carbocycles. The van der Waals surface area contributed by atoms with Crippen LogP contribution in [0, 0.1) is 6.92 Å². The lowest BCUT2D eigenvalue weighted by atomic mass is 10.0. The van der Waals surface area contributed by atoms with Crippen LogP contribution in [0.15, 0.2) is 53.0 Å².